The topological polar surface area (TPSA) is 276 Å². The summed E-state index contributed by atoms with van der Waals surface area (Å²) < 4.78 is 17.3. The van der Waals surface area contributed by atoms with Crippen LogP contribution in [0.15, 0.2) is 61.7 Å². The van der Waals surface area contributed by atoms with Crippen LogP contribution in [0.1, 0.15) is 97.0 Å². The van der Waals surface area contributed by atoms with Gasteiger partial charge in [0.2, 0.25) is 41.4 Å². The van der Waals surface area contributed by atoms with Crippen molar-refractivity contribution in [1.29, 1.82) is 0 Å². The SMILES string of the molecule is C=CC(=O)Nc1cc(C(=O)NC(C(=O)NCC(=O)Nc2ccc(COC(=O)N(C)C(C(=O)NCC(=O)N(C)C(C(C)CC)C(CC(=O)N3CCCC3C(OC)C(C)C)OC)C(C)C)cc2)C(C)C)cc(NC(=O)C=C)n1. The van der Waals surface area contributed by atoms with E-state index in [1.807, 2.05) is 18.7 Å². The number of carbonyl (C=O) groups is 9. The third kappa shape index (κ3) is 18.3. The normalized spacial score (nSPS) is 15.5. The van der Waals surface area contributed by atoms with E-state index in [-0.39, 0.29) is 72.6 Å². The lowest BCUT2D eigenvalue weighted by Gasteiger charge is -2.39. The van der Waals surface area contributed by atoms with Gasteiger partial charge in [-0.1, -0.05) is 87.1 Å². The van der Waals surface area contributed by atoms with Gasteiger partial charge in [0, 0.05) is 46.1 Å². The summed E-state index contributed by atoms with van der Waals surface area (Å²) in [6.07, 6.45) is 2.97. The molecule has 7 atom stereocenters. The number of likely N-dealkylation sites (N-methyl/N-ethyl adjacent to an activating group) is 2. The molecule has 1 fully saturated rings. The van der Waals surface area contributed by atoms with Crippen LogP contribution in [0.3, 0.4) is 0 Å². The van der Waals surface area contributed by atoms with Crippen molar-refractivity contribution in [2.24, 2.45) is 23.7 Å². The van der Waals surface area contributed by atoms with Gasteiger partial charge in [0.1, 0.15) is 30.3 Å². The molecular weight excluding hydrogens is 981 g/mol. The van der Waals surface area contributed by atoms with Crippen LogP contribution in [-0.4, -0.2) is 157 Å². The highest BCUT2D eigenvalue weighted by Crippen LogP contribution is 2.29. The first-order chi connectivity index (χ1) is 35.9. The molecule has 1 aliphatic heterocycles. The molecule has 418 valence electrons. The lowest BCUT2D eigenvalue weighted by Crippen LogP contribution is -2.55. The number of nitrogens with one attached hydrogen (secondary N) is 6. The largest absolute Gasteiger partial charge is 0.445 e. The Morgan fingerprint density at radius 2 is 1.37 bits per heavy atom. The second kappa shape index (κ2) is 30.4. The summed E-state index contributed by atoms with van der Waals surface area (Å²) in [6, 6.07) is 6.24. The fraction of sp³-hybridized carbons (Fsp3) is 0.556. The lowest BCUT2D eigenvalue weighted by atomic mass is 9.90. The van der Waals surface area contributed by atoms with E-state index < -0.39 is 84.1 Å². The van der Waals surface area contributed by atoms with Gasteiger partial charge in [-0.2, -0.15) is 0 Å². The number of ether oxygens (including phenoxy) is 3. The maximum atomic E-state index is 13.8. The van der Waals surface area contributed by atoms with Gasteiger partial charge in [-0.05, 0) is 78.5 Å². The van der Waals surface area contributed by atoms with E-state index in [0.29, 0.717) is 24.2 Å². The smallest absolute Gasteiger partial charge is 0.410 e. The first-order valence-corrected chi connectivity index (χ1v) is 25.6. The molecule has 22 heteroatoms. The predicted octanol–water partition coefficient (Wildman–Crippen LogP) is 4.49. The van der Waals surface area contributed by atoms with Gasteiger partial charge in [-0.15, -0.1) is 0 Å². The van der Waals surface area contributed by atoms with Gasteiger partial charge in [0.15, 0.2) is 0 Å². The molecule has 0 aliphatic carbocycles. The molecule has 1 aromatic heterocycles. The number of carbonyl (C=O) groups excluding carboxylic acids is 9. The summed E-state index contributed by atoms with van der Waals surface area (Å²) in [4.78, 5) is 127. The van der Waals surface area contributed by atoms with Crippen LogP contribution in [-0.2, 0) is 54.4 Å². The Hall–Kier alpha value is -7.20. The first-order valence-electron chi connectivity index (χ1n) is 25.6. The number of rotatable bonds is 28. The average Bonchev–Trinajstić information content (AvgIpc) is 3.87. The summed E-state index contributed by atoms with van der Waals surface area (Å²) in [6.45, 7) is 21.5. The quantitative estimate of drug-likeness (QED) is 0.0642. The van der Waals surface area contributed by atoms with Crippen molar-refractivity contribution in [1.82, 2.24) is 35.6 Å². The summed E-state index contributed by atoms with van der Waals surface area (Å²) in [5.74, 6) is -5.01. The highest BCUT2D eigenvalue weighted by atomic mass is 16.6. The van der Waals surface area contributed by atoms with Crippen molar-refractivity contribution in [3.05, 3.63) is 72.8 Å². The summed E-state index contributed by atoms with van der Waals surface area (Å²) in [7, 11) is 6.28. The zero-order chi connectivity index (χ0) is 57.0. The number of hydrogen-bond donors (Lipinski definition) is 6. The Morgan fingerprint density at radius 3 is 1.88 bits per heavy atom. The summed E-state index contributed by atoms with van der Waals surface area (Å²) in [5.41, 5.74) is 0.883. The van der Waals surface area contributed by atoms with Crippen molar-refractivity contribution in [3.63, 3.8) is 0 Å². The Kier molecular flexibility index (Phi) is 25.2. The number of aromatic nitrogens is 1. The van der Waals surface area contributed by atoms with Gasteiger partial charge in [-0.3, -0.25) is 43.3 Å². The minimum absolute atomic E-state index is 0.0448. The molecule has 1 saturated heterocycles. The molecule has 0 bridgehead atoms. The highest BCUT2D eigenvalue weighted by molar-refractivity contribution is 6.04. The first kappa shape index (κ1) is 63.1. The van der Waals surface area contributed by atoms with E-state index in [9.17, 15) is 43.2 Å². The van der Waals surface area contributed by atoms with Crippen LogP contribution >= 0.6 is 0 Å². The highest BCUT2D eigenvalue weighted by Gasteiger charge is 2.40. The van der Waals surface area contributed by atoms with Crippen LogP contribution in [0, 0.1) is 23.7 Å². The molecule has 6 N–H and O–H groups in total. The molecule has 0 saturated carbocycles. The third-order valence-electron chi connectivity index (χ3n) is 13.3. The minimum Gasteiger partial charge on any atom is -0.445 e. The number of amides is 9. The van der Waals surface area contributed by atoms with E-state index in [2.05, 4.69) is 63.9 Å². The van der Waals surface area contributed by atoms with Crippen molar-refractivity contribution in [3.8, 4) is 0 Å². The Labute approximate surface area is 446 Å². The second-order valence-electron chi connectivity index (χ2n) is 19.8. The van der Waals surface area contributed by atoms with Crippen LogP contribution in [0.25, 0.3) is 0 Å². The predicted molar refractivity (Wildman–Crippen MR) is 287 cm³/mol. The molecule has 22 nitrogen and oxygen atoms in total. The van der Waals surface area contributed by atoms with Gasteiger partial charge < -0.3 is 55.9 Å². The van der Waals surface area contributed by atoms with Crippen LogP contribution in [0.5, 0.6) is 0 Å². The van der Waals surface area contributed by atoms with Crippen LogP contribution in [0.2, 0.25) is 0 Å². The fourth-order valence-corrected chi connectivity index (χ4v) is 9.10. The molecule has 9 amide bonds. The number of benzene rings is 1. The van der Waals surface area contributed by atoms with E-state index in [1.54, 1.807) is 66.1 Å². The van der Waals surface area contributed by atoms with E-state index in [0.717, 1.165) is 25.0 Å². The molecule has 76 heavy (non-hydrogen) atoms. The molecule has 1 aliphatic rings. The molecule has 1 aromatic carbocycles. The molecule has 2 aromatic rings. The van der Waals surface area contributed by atoms with Gasteiger partial charge in [-0.25, -0.2) is 9.78 Å². The summed E-state index contributed by atoms with van der Waals surface area (Å²) in [5, 5.41) is 15.4. The molecule has 0 spiro atoms. The summed E-state index contributed by atoms with van der Waals surface area (Å²) >= 11 is 0. The monoisotopic (exact) mass is 1060 g/mol. The number of anilines is 3. The van der Waals surface area contributed by atoms with Crippen molar-refractivity contribution >= 4 is 70.7 Å². The molecule has 2 heterocycles. The number of likely N-dealkylation sites (tertiary alicyclic amines) is 1. The van der Waals surface area contributed by atoms with E-state index >= 15 is 0 Å². The maximum absolute atomic E-state index is 13.8. The molecular formula is C54H80N10O12. The Morgan fingerprint density at radius 1 is 0.776 bits per heavy atom. The maximum Gasteiger partial charge on any atom is 0.410 e. The van der Waals surface area contributed by atoms with Crippen molar-refractivity contribution in [2.45, 2.75) is 124 Å². The van der Waals surface area contributed by atoms with Crippen LogP contribution < -0.4 is 31.9 Å². The number of pyridine rings is 1. The number of methoxy groups -OCH3 is 2. The average molecular weight is 1060 g/mol. The molecule has 7 unspecified atom stereocenters. The molecule has 3 rings (SSSR count). The van der Waals surface area contributed by atoms with E-state index in [4.69, 9.17) is 14.2 Å². The minimum atomic E-state index is -1.10. The Bertz CT molecular complexity index is 2340. The number of nitrogens with zero attached hydrogens (tertiary/aromatic N) is 4. The van der Waals surface area contributed by atoms with Gasteiger partial charge in [0.25, 0.3) is 5.91 Å². The third-order valence-corrected chi connectivity index (χ3v) is 13.3. The van der Waals surface area contributed by atoms with Crippen LogP contribution in [0.4, 0.5) is 22.1 Å². The fourth-order valence-electron chi connectivity index (χ4n) is 9.10. The van der Waals surface area contributed by atoms with Crippen molar-refractivity contribution in [2.75, 3.05) is 63.9 Å². The van der Waals surface area contributed by atoms with Crippen molar-refractivity contribution < 1.29 is 57.4 Å². The zero-order valence-electron chi connectivity index (χ0n) is 46.2. The molecule has 0 radical (unpaired) electrons. The lowest BCUT2D eigenvalue weighted by molar-refractivity contribution is -0.144. The second-order valence-corrected chi connectivity index (χ2v) is 19.8. The Balaban J connectivity index is 1.56. The van der Waals surface area contributed by atoms with Gasteiger partial charge in [0.05, 0.1) is 43.8 Å². The number of hydrogen-bond acceptors (Lipinski definition) is 13. The van der Waals surface area contributed by atoms with E-state index in [1.165, 1.54) is 36.1 Å². The van der Waals surface area contributed by atoms with Gasteiger partial charge >= 0.3 is 6.09 Å². The standard InChI is InChI=1S/C54H80N10O12/c1-15-34(10)49(39(74-13)27-45(68)64-24-18-19-38(64)50(75-14)33(8)9)62(11)46(69)29-56-53(72)48(32(6)7)63(12)54(73)76-30-35-20-22-37(23-21-35)57-44(67)28-55-52(71)47(31(4)5)61-51(70)36-25-40(59-42(65)16-2)58-41(26-36)60-43(66)17-3/h16-17,20-23,25-26,31-34,38-39,47-50H,2-3,15,18-19,24,27-30H2,1,4-14H3,(H,55,71)(H,56,72)(H,57,67)(H,61,70)(H2,58,59,60,65,66). The zero-order valence-corrected chi connectivity index (χ0v) is 46.2.